The van der Waals surface area contributed by atoms with Crippen LogP contribution in [0.4, 0.5) is 0 Å². The molecule has 7 heteroatoms. The lowest BCUT2D eigenvalue weighted by Gasteiger charge is -2.37. The molecule has 1 aromatic heterocycles. The van der Waals surface area contributed by atoms with Crippen molar-refractivity contribution in [3.63, 3.8) is 0 Å². The lowest BCUT2D eigenvalue weighted by atomic mass is 9.82. The number of piperidine rings is 1. The van der Waals surface area contributed by atoms with Crippen molar-refractivity contribution in [1.29, 1.82) is 0 Å². The fraction of sp³-hybridized carbons (Fsp3) is 0.476. The van der Waals surface area contributed by atoms with E-state index in [0.717, 1.165) is 22.6 Å². The first-order chi connectivity index (χ1) is 13.3. The van der Waals surface area contributed by atoms with E-state index in [4.69, 9.17) is 9.26 Å². The van der Waals surface area contributed by atoms with E-state index in [-0.39, 0.29) is 18.9 Å². The van der Waals surface area contributed by atoms with Crippen LogP contribution >= 0.6 is 0 Å². The lowest BCUT2D eigenvalue weighted by molar-refractivity contribution is -0.153. The Morgan fingerprint density at radius 1 is 1.29 bits per heavy atom. The highest BCUT2D eigenvalue weighted by Gasteiger charge is 2.39. The molecule has 7 nitrogen and oxygen atoms in total. The smallest absolute Gasteiger partial charge is 0.311 e. The van der Waals surface area contributed by atoms with E-state index in [0.29, 0.717) is 31.7 Å². The van der Waals surface area contributed by atoms with E-state index in [2.05, 4.69) is 5.16 Å². The van der Waals surface area contributed by atoms with Gasteiger partial charge in [0.05, 0.1) is 23.1 Å². The van der Waals surface area contributed by atoms with Gasteiger partial charge in [0.2, 0.25) is 5.91 Å². The van der Waals surface area contributed by atoms with Gasteiger partial charge in [0, 0.05) is 13.1 Å². The Kier molecular flexibility index (Phi) is 5.72. The zero-order valence-corrected chi connectivity index (χ0v) is 16.5. The maximum atomic E-state index is 12.6. The molecule has 1 atom stereocenters. The number of carbonyl (C=O) groups is 2. The molecule has 2 aromatic rings. The molecule has 1 aliphatic rings. The fourth-order valence-corrected chi connectivity index (χ4v) is 3.48. The Balaban J connectivity index is 1.56. The average molecular weight is 386 g/mol. The number of likely N-dealkylation sites (tertiary alicyclic amines) is 1. The summed E-state index contributed by atoms with van der Waals surface area (Å²) in [6.07, 6.45) is 1.56. The van der Waals surface area contributed by atoms with Crippen LogP contribution in [0.1, 0.15) is 42.3 Å². The van der Waals surface area contributed by atoms with Crippen LogP contribution in [0.5, 0.6) is 5.75 Å². The minimum Gasteiger partial charge on any atom is -0.489 e. The molecule has 1 aliphatic heterocycles. The molecular formula is C21H26N2O5. The normalized spacial score (nSPS) is 19.5. The summed E-state index contributed by atoms with van der Waals surface area (Å²) >= 11 is 0. The molecule has 0 bridgehead atoms. The quantitative estimate of drug-likeness (QED) is 0.820. The van der Waals surface area contributed by atoms with E-state index in [1.807, 2.05) is 38.1 Å². The van der Waals surface area contributed by atoms with Crippen molar-refractivity contribution in [2.24, 2.45) is 5.41 Å². The first kappa shape index (κ1) is 19.9. The minimum atomic E-state index is -0.857. The molecule has 0 saturated carbocycles. The van der Waals surface area contributed by atoms with Crippen LogP contribution in [-0.2, 0) is 22.6 Å². The van der Waals surface area contributed by atoms with Crippen LogP contribution in [0.25, 0.3) is 0 Å². The highest BCUT2D eigenvalue weighted by atomic mass is 16.5. The Bertz CT molecular complexity index is 839. The van der Waals surface area contributed by atoms with Gasteiger partial charge in [0.25, 0.3) is 0 Å². The molecule has 2 heterocycles. The second-order valence-corrected chi connectivity index (χ2v) is 7.70. The number of nitrogens with zero attached hydrogens (tertiary/aromatic N) is 2. The first-order valence-corrected chi connectivity index (χ1v) is 9.43. The molecule has 1 amide bonds. The number of aromatic nitrogens is 1. The summed E-state index contributed by atoms with van der Waals surface area (Å²) in [5, 5.41) is 13.3. The standard InChI is InChI=1S/C21H26N2O5/c1-14-18(15(2)28-22-14)12-27-17-7-5-16(6-8-17)11-19(24)23-10-4-9-21(3,13-23)20(25)26/h5-8H,4,9-13H2,1-3H3,(H,25,26). The average Bonchev–Trinajstić information content (AvgIpc) is 2.99. The molecule has 1 fully saturated rings. The van der Waals surface area contributed by atoms with E-state index >= 15 is 0 Å². The number of carbonyl (C=O) groups excluding carboxylic acids is 1. The van der Waals surface area contributed by atoms with Gasteiger partial charge in [-0.2, -0.15) is 0 Å². The first-order valence-electron chi connectivity index (χ1n) is 9.43. The van der Waals surface area contributed by atoms with E-state index in [1.165, 1.54) is 0 Å². The molecular weight excluding hydrogens is 360 g/mol. The van der Waals surface area contributed by atoms with Gasteiger partial charge < -0.3 is 19.3 Å². The maximum Gasteiger partial charge on any atom is 0.311 e. The predicted octanol–water partition coefficient (Wildman–Crippen LogP) is 3.13. The summed E-state index contributed by atoms with van der Waals surface area (Å²) < 4.78 is 10.9. The second kappa shape index (κ2) is 8.04. The van der Waals surface area contributed by atoms with Crippen molar-refractivity contribution in [2.75, 3.05) is 13.1 Å². The zero-order valence-electron chi connectivity index (χ0n) is 16.5. The SMILES string of the molecule is Cc1noc(C)c1COc1ccc(CC(=O)N2CCCC(C)(C(=O)O)C2)cc1. The number of hydrogen-bond donors (Lipinski definition) is 1. The van der Waals surface area contributed by atoms with Crippen molar-refractivity contribution in [3.8, 4) is 5.75 Å². The molecule has 1 aromatic carbocycles. The lowest BCUT2D eigenvalue weighted by Crippen LogP contribution is -2.48. The highest BCUT2D eigenvalue weighted by Crippen LogP contribution is 2.30. The van der Waals surface area contributed by atoms with Gasteiger partial charge in [-0.15, -0.1) is 0 Å². The summed E-state index contributed by atoms with van der Waals surface area (Å²) in [4.78, 5) is 25.7. The van der Waals surface area contributed by atoms with Gasteiger partial charge in [-0.05, 0) is 51.3 Å². The summed E-state index contributed by atoms with van der Waals surface area (Å²) in [5.74, 6) is 0.559. The van der Waals surface area contributed by atoms with Crippen LogP contribution < -0.4 is 4.74 Å². The fourth-order valence-electron chi connectivity index (χ4n) is 3.48. The summed E-state index contributed by atoms with van der Waals surface area (Å²) in [7, 11) is 0. The molecule has 1 unspecified atom stereocenters. The molecule has 0 radical (unpaired) electrons. The van der Waals surface area contributed by atoms with Crippen molar-refractivity contribution in [1.82, 2.24) is 10.1 Å². The maximum absolute atomic E-state index is 12.6. The van der Waals surface area contributed by atoms with Gasteiger partial charge in [-0.3, -0.25) is 9.59 Å². The largest absolute Gasteiger partial charge is 0.489 e. The molecule has 150 valence electrons. The monoisotopic (exact) mass is 386 g/mol. The summed E-state index contributed by atoms with van der Waals surface area (Å²) in [6, 6.07) is 7.39. The minimum absolute atomic E-state index is 0.0448. The van der Waals surface area contributed by atoms with Gasteiger partial charge in [0.15, 0.2) is 0 Å². The Morgan fingerprint density at radius 3 is 2.61 bits per heavy atom. The topological polar surface area (TPSA) is 92.9 Å². The van der Waals surface area contributed by atoms with Crippen molar-refractivity contribution < 1.29 is 24.0 Å². The molecule has 1 N–H and O–H groups in total. The predicted molar refractivity (Wildman–Crippen MR) is 102 cm³/mol. The van der Waals surface area contributed by atoms with Gasteiger partial charge >= 0.3 is 5.97 Å². The van der Waals surface area contributed by atoms with Gasteiger partial charge in [-0.1, -0.05) is 17.3 Å². The molecule has 3 rings (SSSR count). The van der Waals surface area contributed by atoms with Gasteiger partial charge in [-0.25, -0.2) is 0 Å². The Morgan fingerprint density at radius 2 is 2.00 bits per heavy atom. The van der Waals surface area contributed by atoms with E-state index in [9.17, 15) is 14.7 Å². The number of aliphatic carboxylic acids is 1. The third-order valence-corrected chi connectivity index (χ3v) is 5.41. The third-order valence-electron chi connectivity index (χ3n) is 5.41. The number of aryl methyl sites for hydroxylation is 2. The van der Waals surface area contributed by atoms with Crippen molar-refractivity contribution in [3.05, 3.63) is 46.8 Å². The molecule has 0 spiro atoms. The number of amides is 1. The van der Waals surface area contributed by atoms with Crippen molar-refractivity contribution >= 4 is 11.9 Å². The number of benzene rings is 1. The van der Waals surface area contributed by atoms with E-state index in [1.54, 1.807) is 11.8 Å². The Labute approximate surface area is 164 Å². The zero-order chi connectivity index (χ0) is 20.3. The third kappa shape index (κ3) is 4.35. The number of ether oxygens (including phenoxy) is 1. The number of carboxylic acid groups (broad SMARTS) is 1. The van der Waals surface area contributed by atoms with Crippen LogP contribution in [-0.4, -0.2) is 40.1 Å². The van der Waals surface area contributed by atoms with E-state index < -0.39 is 11.4 Å². The van der Waals surface area contributed by atoms with Crippen LogP contribution in [0.2, 0.25) is 0 Å². The number of rotatable bonds is 6. The van der Waals surface area contributed by atoms with Crippen LogP contribution in [0.3, 0.4) is 0 Å². The van der Waals surface area contributed by atoms with Crippen LogP contribution in [0.15, 0.2) is 28.8 Å². The molecule has 1 saturated heterocycles. The number of carboxylic acids is 1. The number of hydrogen-bond acceptors (Lipinski definition) is 5. The highest BCUT2D eigenvalue weighted by molar-refractivity contribution is 5.81. The van der Waals surface area contributed by atoms with Crippen LogP contribution in [0, 0.1) is 19.3 Å². The summed E-state index contributed by atoms with van der Waals surface area (Å²) in [6.45, 7) is 6.68. The molecule has 28 heavy (non-hydrogen) atoms. The second-order valence-electron chi connectivity index (χ2n) is 7.70. The van der Waals surface area contributed by atoms with Gasteiger partial charge in [0.1, 0.15) is 18.1 Å². The summed E-state index contributed by atoms with van der Waals surface area (Å²) in [5.41, 5.74) is 1.77. The van der Waals surface area contributed by atoms with Crippen molar-refractivity contribution in [2.45, 2.75) is 46.6 Å². The Hall–Kier alpha value is -2.83. The molecule has 0 aliphatic carbocycles.